The number of alkyl halides is 3. The lowest BCUT2D eigenvalue weighted by Crippen LogP contribution is -2.42. The van der Waals surface area contributed by atoms with Gasteiger partial charge in [-0.15, -0.1) is 0 Å². The summed E-state index contributed by atoms with van der Waals surface area (Å²) in [5.41, 5.74) is 6.45. The third-order valence-corrected chi connectivity index (χ3v) is 11.1. The van der Waals surface area contributed by atoms with Gasteiger partial charge in [0.25, 0.3) is 0 Å². The number of nitrogens with one attached hydrogen (secondary N) is 1. The number of nitrogens with zero attached hydrogens (tertiary/aromatic N) is 1. The number of halogens is 3. The van der Waals surface area contributed by atoms with Crippen molar-refractivity contribution < 1.29 is 21.6 Å². The Labute approximate surface area is 248 Å². The van der Waals surface area contributed by atoms with Gasteiger partial charge in [0.05, 0.1) is 5.69 Å². The molecule has 1 N–H and O–H groups in total. The predicted octanol–water partition coefficient (Wildman–Crippen LogP) is 8.61. The molecule has 0 aliphatic heterocycles. The van der Waals surface area contributed by atoms with Gasteiger partial charge in [0.2, 0.25) is 10.0 Å². The summed E-state index contributed by atoms with van der Waals surface area (Å²) >= 11 is 0. The molecule has 2 fully saturated rings. The Morgan fingerprint density at radius 2 is 1.81 bits per heavy atom. The molecular weight excluding hydrogens is 557 g/mol. The van der Waals surface area contributed by atoms with Crippen molar-refractivity contribution in [3.8, 4) is 11.8 Å². The molecule has 5 rings (SSSR count). The second kappa shape index (κ2) is 12.5. The molecule has 3 aliphatic carbocycles. The largest absolute Gasteiger partial charge is 0.404 e. The van der Waals surface area contributed by atoms with Crippen molar-refractivity contribution in [1.82, 2.24) is 9.71 Å². The highest BCUT2D eigenvalue weighted by atomic mass is 32.2. The molecule has 0 bridgehead atoms. The van der Waals surface area contributed by atoms with Crippen LogP contribution in [0.4, 0.5) is 13.2 Å². The normalized spacial score (nSPS) is 22.6. The van der Waals surface area contributed by atoms with Gasteiger partial charge in [-0.3, -0.25) is 4.98 Å². The topological polar surface area (TPSA) is 59.1 Å². The van der Waals surface area contributed by atoms with Gasteiger partial charge in [0.1, 0.15) is 10.9 Å². The highest BCUT2D eigenvalue weighted by Crippen LogP contribution is 2.50. The van der Waals surface area contributed by atoms with Crippen molar-refractivity contribution in [3.63, 3.8) is 0 Å². The van der Waals surface area contributed by atoms with Gasteiger partial charge in [-0.25, -0.2) is 8.42 Å². The Kier molecular flexibility index (Phi) is 9.20. The summed E-state index contributed by atoms with van der Waals surface area (Å²) in [6.07, 6.45) is 7.59. The van der Waals surface area contributed by atoms with E-state index >= 15 is 0 Å². The first kappa shape index (κ1) is 30.8. The van der Waals surface area contributed by atoms with Crippen LogP contribution in [-0.2, 0) is 10.0 Å². The zero-order valence-corrected chi connectivity index (χ0v) is 25.5. The second-order valence-electron chi connectivity index (χ2n) is 12.3. The molecule has 0 amide bonds. The Balaban J connectivity index is 1.61. The van der Waals surface area contributed by atoms with Crippen molar-refractivity contribution in [3.05, 3.63) is 58.9 Å². The van der Waals surface area contributed by atoms with E-state index in [1.807, 2.05) is 0 Å². The maximum atomic E-state index is 13.1. The number of hydrogen-bond donors (Lipinski definition) is 1. The van der Waals surface area contributed by atoms with Crippen molar-refractivity contribution in [2.75, 3.05) is 0 Å². The third-order valence-electron chi connectivity index (χ3n) is 9.57. The molecule has 4 nitrogen and oxygen atoms in total. The van der Waals surface area contributed by atoms with Gasteiger partial charge in [-0.2, -0.15) is 17.9 Å². The van der Waals surface area contributed by atoms with Crippen LogP contribution < -0.4 is 4.72 Å². The average Bonchev–Trinajstić information content (AvgIpc) is 3.42. The molecule has 0 spiro atoms. The molecule has 226 valence electrons. The van der Waals surface area contributed by atoms with Crippen LogP contribution in [0.1, 0.15) is 119 Å². The molecule has 2 saturated carbocycles. The van der Waals surface area contributed by atoms with Crippen LogP contribution in [0.15, 0.2) is 41.4 Å². The molecule has 42 heavy (non-hydrogen) atoms. The number of fused-ring (bicyclic) bond motifs is 1. The summed E-state index contributed by atoms with van der Waals surface area (Å²) in [6, 6.07) is 7.69. The maximum absolute atomic E-state index is 13.1. The fourth-order valence-corrected chi connectivity index (χ4v) is 7.96. The van der Waals surface area contributed by atoms with E-state index in [1.54, 1.807) is 10.8 Å². The van der Waals surface area contributed by atoms with E-state index in [4.69, 9.17) is 0 Å². The average molecular weight is 599 g/mol. The monoisotopic (exact) mass is 598 g/mol. The molecule has 8 heteroatoms. The Morgan fingerprint density at radius 1 is 1.07 bits per heavy atom. The molecule has 0 radical (unpaired) electrons. The van der Waals surface area contributed by atoms with Gasteiger partial charge < -0.3 is 0 Å². The van der Waals surface area contributed by atoms with Crippen molar-refractivity contribution in [2.45, 2.75) is 114 Å². The fourth-order valence-electron chi connectivity index (χ4n) is 6.79. The minimum atomic E-state index is -4.69. The Hall–Kier alpha value is -2.63. The van der Waals surface area contributed by atoms with Crippen LogP contribution in [0.25, 0.3) is 11.1 Å². The summed E-state index contributed by atoms with van der Waals surface area (Å²) in [6.45, 7) is 5.24. The predicted molar refractivity (Wildman–Crippen MR) is 161 cm³/mol. The molecule has 0 saturated heterocycles. The molecule has 1 heterocycles. The summed E-state index contributed by atoms with van der Waals surface area (Å²) in [7, 11) is -4.40. The van der Waals surface area contributed by atoms with E-state index in [0.29, 0.717) is 29.4 Å². The van der Waals surface area contributed by atoms with Gasteiger partial charge in [0.15, 0.2) is 0 Å². The number of allylic oxidation sites excluding steroid dienone is 2. The van der Waals surface area contributed by atoms with Crippen molar-refractivity contribution in [2.24, 2.45) is 11.8 Å². The number of unbranched alkanes of at least 4 members (excludes halogenated alkanes) is 1. The lowest BCUT2D eigenvalue weighted by Gasteiger charge is -2.31. The van der Waals surface area contributed by atoms with Crippen LogP contribution in [0.3, 0.4) is 0 Å². The maximum Gasteiger partial charge on any atom is 0.404 e. The molecule has 1 aromatic carbocycles. The van der Waals surface area contributed by atoms with E-state index < -0.39 is 22.2 Å². The number of aromatic nitrogens is 1. The highest BCUT2D eigenvalue weighted by Gasteiger charge is 2.39. The summed E-state index contributed by atoms with van der Waals surface area (Å²) in [4.78, 5) is 4.27. The zero-order chi connectivity index (χ0) is 30.1. The number of sulfonamides is 1. The SMILES string of the molecule is CCCC#CC1=C(c2ccc(S(=O)(=O)N[C@H](C)C(F)(F)F)cn2)CC(C2CCCC2)C(C)c2cc(C3CCC3)ccc21. The summed E-state index contributed by atoms with van der Waals surface area (Å²) in [5.74, 6) is 8.79. The van der Waals surface area contributed by atoms with Crippen LogP contribution in [0.2, 0.25) is 0 Å². The quantitative estimate of drug-likeness (QED) is 0.325. The number of rotatable bonds is 7. The van der Waals surface area contributed by atoms with Crippen molar-refractivity contribution >= 4 is 21.2 Å². The first-order valence-corrected chi connectivity index (χ1v) is 16.9. The van der Waals surface area contributed by atoms with Crippen LogP contribution in [0.5, 0.6) is 0 Å². The second-order valence-corrected chi connectivity index (χ2v) is 14.1. The number of benzene rings is 1. The lowest BCUT2D eigenvalue weighted by molar-refractivity contribution is -0.147. The van der Waals surface area contributed by atoms with E-state index in [0.717, 1.165) is 42.9 Å². The molecule has 3 aliphatic rings. The summed E-state index contributed by atoms with van der Waals surface area (Å²) in [5, 5.41) is 0. The number of hydrogen-bond acceptors (Lipinski definition) is 3. The Bertz CT molecular complexity index is 1480. The molecule has 1 aromatic heterocycles. The van der Waals surface area contributed by atoms with Gasteiger partial charge in [-0.1, -0.05) is 76.0 Å². The zero-order valence-electron chi connectivity index (χ0n) is 24.7. The van der Waals surface area contributed by atoms with Crippen LogP contribution in [0, 0.1) is 23.7 Å². The third kappa shape index (κ3) is 6.48. The van der Waals surface area contributed by atoms with E-state index in [2.05, 4.69) is 48.9 Å². The van der Waals surface area contributed by atoms with Gasteiger partial charge in [0, 0.05) is 18.2 Å². The van der Waals surface area contributed by atoms with Crippen LogP contribution in [-0.4, -0.2) is 25.6 Å². The van der Waals surface area contributed by atoms with Crippen LogP contribution >= 0.6 is 0 Å². The van der Waals surface area contributed by atoms with E-state index in [-0.39, 0.29) is 4.90 Å². The van der Waals surface area contributed by atoms with Gasteiger partial charge in [-0.05, 0) is 90.7 Å². The molecular formula is C34H41F3N2O2S. The molecule has 2 aromatic rings. The smallest absolute Gasteiger partial charge is 0.255 e. The standard InChI is InChI=1S/C34H41F3N2O2S/c1-4-5-6-14-28-29-17-15-26(24-12-9-13-24)19-31(29)22(2)30(25-10-7-8-11-25)20-32(28)33-18-16-27(21-38-33)42(40,41)39-23(3)34(35,36)37/h15-19,21-25,30,39H,4-5,7-13,20H2,1-3H3/t22?,23-,30?/m1/s1. The Morgan fingerprint density at radius 3 is 2.40 bits per heavy atom. The van der Waals surface area contributed by atoms with Gasteiger partial charge >= 0.3 is 6.18 Å². The fraction of sp³-hybridized carbons (Fsp3) is 0.559. The lowest BCUT2D eigenvalue weighted by atomic mass is 9.73. The molecule has 2 unspecified atom stereocenters. The van der Waals surface area contributed by atoms with E-state index in [1.165, 1.54) is 68.3 Å². The first-order valence-electron chi connectivity index (χ1n) is 15.4. The van der Waals surface area contributed by atoms with Crippen molar-refractivity contribution in [1.29, 1.82) is 0 Å². The minimum Gasteiger partial charge on any atom is -0.255 e. The summed E-state index contributed by atoms with van der Waals surface area (Å²) < 4.78 is 66.4. The minimum absolute atomic E-state index is 0.290. The molecule has 3 atom stereocenters. The highest BCUT2D eigenvalue weighted by molar-refractivity contribution is 7.89. The first-order chi connectivity index (χ1) is 20.0. The number of pyridine rings is 1. The van der Waals surface area contributed by atoms with E-state index in [9.17, 15) is 21.6 Å².